The van der Waals surface area contributed by atoms with E-state index in [2.05, 4.69) is 10.3 Å². The molecule has 0 saturated carbocycles. The van der Waals surface area contributed by atoms with Crippen LogP contribution in [0.1, 0.15) is 11.3 Å². The topological polar surface area (TPSA) is 56.7 Å². The summed E-state index contributed by atoms with van der Waals surface area (Å²) in [6.07, 6.45) is 1.75. The van der Waals surface area contributed by atoms with Crippen molar-refractivity contribution in [2.45, 2.75) is 13.1 Å². The van der Waals surface area contributed by atoms with Crippen molar-refractivity contribution in [2.75, 3.05) is 0 Å². The molecule has 1 aromatic heterocycles. The third kappa shape index (κ3) is 3.01. The van der Waals surface area contributed by atoms with E-state index in [1.54, 1.807) is 16.9 Å². The molecule has 0 fully saturated rings. The van der Waals surface area contributed by atoms with E-state index in [0.717, 1.165) is 11.3 Å². The zero-order chi connectivity index (χ0) is 10.7. The second-order valence-corrected chi connectivity index (χ2v) is 3.24. The van der Waals surface area contributed by atoms with Crippen molar-refractivity contribution < 1.29 is 4.39 Å². The Hall–Kier alpha value is -1.46. The largest absolute Gasteiger partial charge is 0.325 e. The number of hydrogen-bond acceptors (Lipinski definition) is 3. The molecule has 4 nitrogen and oxygen atoms in total. The lowest BCUT2D eigenvalue weighted by Gasteiger charge is -2.00. The number of benzene rings is 1. The van der Waals surface area contributed by atoms with E-state index in [9.17, 15) is 4.39 Å². The van der Waals surface area contributed by atoms with E-state index < -0.39 is 0 Å². The molecular weight excluding hydrogens is 231 g/mol. The third-order valence-electron chi connectivity index (χ3n) is 2.03. The molecule has 16 heavy (non-hydrogen) atoms. The van der Waals surface area contributed by atoms with Crippen LogP contribution in [0.3, 0.4) is 0 Å². The summed E-state index contributed by atoms with van der Waals surface area (Å²) in [5.74, 6) is -0.244. The van der Waals surface area contributed by atoms with Crippen LogP contribution in [-0.4, -0.2) is 15.0 Å². The molecule has 0 saturated heterocycles. The number of rotatable bonds is 3. The molecule has 2 aromatic rings. The zero-order valence-corrected chi connectivity index (χ0v) is 9.32. The van der Waals surface area contributed by atoms with Crippen LogP contribution in [0.4, 0.5) is 4.39 Å². The van der Waals surface area contributed by atoms with E-state index in [-0.39, 0.29) is 18.2 Å². The van der Waals surface area contributed by atoms with E-state index in [1.807, 2.05) is 6.07 Å². The SMILES string of the molecule is Cl.NCc1cn(Cc2cccc(F)c2)nn1. The molecule has 0 amide bonds. The fourth-order valence-electron chi connectivity index (χ4n) is 1.33. The molecule has 0 radical (unpaired) electrons. The Morgan fingerprint density at radius 3 is 2.81 bits per heavy atom. The number of halogens is 2. The molecule has 0 aliphatic heterocycles. The molecule has 0 atom stereocenters. The van der Waals surface area contributed by atoms with Crippen molar-refractivity contribution >= 4 is 12.4 Å². The van der Waals surface area contributed by atoms with E-state index in [1.165, 1.54) is 12.1 Å². The maximum atomic E-state index is 12.9. The minimum Gasteiger partial charge on any atom is -0.325 e. The van der Waals surface area contributed by atoms with E-state index >= 15 is 0 Å². The highest BCUT2D eigenvalue weighted by Crippen LogP contribution is 2.05. The number of hydrogen-bond donors (Lipinski definition) is 1. The minimum atomic E-state index is -0.244. The molecule has 2 N–H and O–H groups in total. The van der Waals surface area contributed by atoms with Gasteiger partial charge in [0.15, 0.2) is 0 Å². The standard InChI is InChI=1S/C10H11FN4.ClH/c11-9-3-1-2-8(4-9)6-15-7-10(5-12)13-14-15;/h1-4,7H,5-6,12H2;1H. The van der Waals surface area contributed by atoms with Crippen LogP contribution in [0.5, 0.6) is 0 Å². The molecule has 0 bridgehead atoms. The summed E-state index contributed by atoms with van der Waals surface area (Å²) in [6.45, 7) is 0.869. The lowest BCUT2D eigenvalue weighted by Crippen LogP contribution is -2.00. The van der Waals surface area contributed by atoms with Crippen LogP contribution in [0, 0.1) is 5.82 Å². The predicted molar refractivity (Wildman–Crippen MR) is 60.7 cm³/mol. The van der Waals surface area contributed by atoms with Crippen molar-refractivity contribution in [1.82, 2.24) is 15.0 Å². The van der Waals surface area contributed by atoms with Crippen molar-refractivity contribution in [3.8, 4) is 0 Å². The van der Waals surface area contributed by atoms with Crippen molar-refractivity contribution in [2.24, 2.45) is 5.73 Å². The summed E-state index contributed by atoms with van der Waals surface area (Å²) >= 11 is 0. The Balaban J connectivity index is 0.00000128. The lowest BCUT2D eigenvalue weighted by atomic mass is 10.2. The Morgan fingerprint density at radius 1 is 1.38 bits per heavy atom. The van der Waals surface area contributed by atoms with Crippen LogP contribution >= 0.6 is 12.4 Å². The highest BCUT2D eigenvalue weighted by molar-refractivity contribution is 5.85. The first kappa shape index (κ1) is 12.6. The smallest absolute Gasteiger partial charge is 0.123 e. The predicted octanol–water partition coefficient (Wildman–Crippen LogP) is 1.35. The number of nitrogens with two attached hydrogens (primary N) is 1. The molecule has 0 spiro atoms. The summed E-state index contributed by atoms with van der Waals surface area (Å²) in [4.78, 5) is 0. The maximum absolute atomic E-state index is 12.9. The van der Waals surface area contributed by atoms with Gasteiger partial charge in [0.2, 0.25) is 0 Å². The first-order chi connectivity index (χ1) is 7.28. The number of nitrogens with zero attached hydrogens (tertiary/aromatic N) is 3. The molecular formula is C10H12ClFN4. The van der Waals surface area contributed by atoms with Crippen molar-refractivity contribution in [3.63, 3.8) is 0 Å². The fourth-order valence-corrected chi connectivity index (χ4v) is 1.33. The summed E-state index contributed by atoms with van der Waals surface area (Å²) in [5, 5.41) is 7.72. The normalized spacial score (nSPS) is 9.88. The Labute approximate surface area is 98.7 Å². The minimum absolute atomic E-state index is 0. The second-order valence-electron chi connectivity index (χ2n) is 3.24. The van der Waals surface area contributed by atoms with Crippen LogP contribution in [-0.2, 0) is 13.1 Å². The van der Waals surface area contributed by atoms with Gasteiger partial charge < -0.3 is 5.73 Å². The van der Waals surface area contributed by atoms with Crippen LogP contribution in [0.2, 0.25) is 0 Å². The maximum Gasteiger partial charge on any atom is 0.123 e. The molecule has 0 unspecified atom stereocenters. The fraction of sp³-hybridized carbons (Fsp3) is 0.200. The highest BCUT2D eigenvalue weighted by atomic mass is 35.5. The summed E-state index contributed by atoms with van der Waals surface area (Å²) in [5.41, 5.74) is 6.98. The van der Waals surface area contributed by atoms with Gasteiger partial charge >= 0.3 is 0 Å². The average molecular weight is 243 g/mol. The Morgan fingerprint density at radius 2 is 2.19 bits per heavy atom. The Bertz CT molecular complexity index is 458. The third-order valence-corrected chi connectivity index (χ3v) is 2.03. The van der Waals surface area contributed by atoms with Gasteiger partial charge in [-0.3, -0.25) is 0 Å². The second kappa shape index (κ2) is 5.58. The molecule has 86 valence electrons. The lowest BCUT2D eigenvalue weighted by molar-refractivity contribution is 0.614. The van der Waals surface area contributed by atoms with Gasteiger partial charge in [0.25, 0.3) is 0 Å². The molecule has 0 aliphatic rings. The summed E-state index contributed by atoms with van der Waals surface area (Å²) < 4.78 is 14.5. The van der Waals surface area contributed by atoms with Gasteiger partial charge in [-0.2, -0.15) is 0 Å². The summed E-state index contributed by atoms with van der Waals surface area (Å²) in [6, 6.07) is 6.40. The number of aromatic nitrogens is 3. The van der Waals surface area contributed by atoms with Crippen molar-refractivity contribution in [3.05, 3.63) is 47.5 Å². The van der Waals surface area contributed by atoms with Gasteiger partial charge in [0.05, 0.1) is 18.4 Å². The van der Waals surface area contributed by atoms with Gasteiger partial charge in [-0.15, -0.1) is 17.5 Å². The van der Waals surface area contributed by atoms with Crippen LogP contribution < -0.4 is 5.73 Å². The molecule has 0 aliphatic carbocycles. The molecule has 1 aromatic carbocycles. The van der Waals surface area contributed by atoms with Crippen molar-refractivity contribution in [1.29, 1.82) is 0 Å². The molecule has 2 rings (SSSR count). The monoisotopic (exact) mass is 242 g/mol. The molecule has 1 heterocycles. The summed E-state index contributed by atoms with van der Waals surface area (Å²) in [7, 11) is 0. The van der Waals surface area contributed by atoms with Gasteiger partial charge in [0, 0.05) is 6.54 Å². The van der Waals surface area contributed by atoms with Crippen LogP contribution in [0.15, 0.2) is 30.5 Å². The highest BCUT2D eigenvalue weighted by Gasteiger charge is 2.00. The first-order valence-electron chi connectivity index (χ1n) is 4.61. The van der Waals surface area contributed by atoms with Crippen LogP contribution in [0.25, 0.3) is 0 Å². The first-order valence-corrected chi connectivity index (χ1v) is 4.61. The Kier molecular flexibility index (Phi) is 4.39. The van der Waals surface area contributed by atoms with Gasteiger partial charge in [-0.05, 0) is 17.7 Å². The molecule has 6 heteroatoms. The van der Waals surface area contributed by atoms with E-state index in [4.69, 9.17) is 5.73 Å². The van der Waals surface area contributed by atoms with E-state index in [0.29, 0.717) is 13.1 Å². The van der Waals surface area contributed by atoms with Gasteiger partial charge in [0.1, 0.15) is 5.82 Å². The van der Waals surface area contributed by atoms with Gasteiger partial charge in [-0.25, -0.2) is 9.07 Å². The van der Waals surface area contributed by atoms with Gasteiger partial charge in [-0.1, -0.05) is 17.3 Å². The zero-order valence-electron chi connectivity index (χ0n) is 8.51. The average Bonchev–Trinajstić information content (AvgIpc) is 2.65. The quantitative estimate of drug-likeness (QED) is 0.884.